The van der Waals surface area contributed by atoms with Gasteiger partial charge in [-0.3, -0.25) is 0 Å². The van der Waals surface area contributed by atoms with Crippen molar-refractivity contribution in [2.24, 2.45) is 0 Å². The van der Waals surface area contributed by atoms with Crippen molar-refractivity contribution in [1.29, 1.82) is 0 Å². The second-order valence-electron chi connectivity index (χ2n) is 3.96. The summed E-state index contributed by atoms with van der Waals surface area (Å²) < 4.78 is 0. The van der Waals surface area contributed by atoms with Gasteiger partial charge in [0.15, 0.2) is 0 Å². The normalized spacial score (nSPS) is 10.3. The zero-order valence-electron chi connectivity index (χ0n) is 10.00. The van der Waals surface area contributed by atoms with Crippen molar-refractivity contribution in [1.82, 2.24) is 0 Å². The topological polar surface area (TPSA) is 3.24 Å². The molecule has 0 fully saturated rings. The van der Waals surface area contributed by atoms with E-state index < -0.39 is 0 Å². The maximum atomic E-state index is 3.15. The smallest absolute Gasteiger partial charge is 0.0372 e. The van der Waals surface area contributed by atoms with Crippen LogP contribution in [0.3, 0.4) is 0 Å². The van der Waals surface area contributed by atoms with Crippen molar-refractivity contribution in [3.63, 3.8) is 0 Å². The van der Waals surface area contributed by atoms with E-state index in [2.05, 4.69) is 43.0 Å². The zero-order valence-corrected chi connectivity index (χ0v) is 10.00. The first-order chi connectivity index (χ1) is 7.38. The molecule has 0 spiro atoms. The molecule has 0 saturated heterocycles. The summed E-state index contributed by atoms with van der Waals surface area (Å²) in [6.45, 7) is 6.84. The highest BCUT2D eigenvalue weighted by molar-refractivity contribution is 5.45. The van der Waals surface area contributed by atoms with Gasteiger partial charge in [0.25, 0.3) is 0 Å². The van der Waals surface area contributed by atoms with Crippen LogP contribution in [0.25, 0.3) is 0 Å². The quantitative estimate of drug-likeness (QED) is 0.651. The van der Waals surface area contributed by atoms with E-state index in [0.29, 0.717) is 0 Å². The van der Waals surface area contributed by atoms with Crippen LogP contribution in [0.1, 0.15) is 39.5 Å². The number of hydrogen-bond acceptors (Lipinski definition) is 1. The van der Waals surface area contributed by atoms with Crippen LogP contribution >= 0.6 is 0 Å². The van der Waals surface area contributed by atoms with Gasteiger partial charge in [-0.15, -0.1) is 0 Å². The fourth-order valence-corrected chi connectivity index (χ4v) is 1.65. The van der Waals surface area contributed by atoms with E-state index in [1.54, 1.807) is 0 Å². The molecule has 0 aromatic heterocycles. The summed E-state index contributed by atoms with van der Waals surface area (Å²) in [5, 5.41) is 0. The maximum Gasteiger partial charge on any atom is 0.0372 e. The fraction of sp³-hybridized carbons (Fsp3) is 0.571. The van der Waals surface area contributed by atoms with E-state index in [1.807, 2.05) is 6.07 Å². The van der Waals surface area contributed by atoms with Crippen molar-refractivity contribution >= 4 is 5.69 Å². The predicted octanol–water partition coefficient (Wildman–Crippen LogP) is 3.89. The third-order valence-electron chi connectivity index (χ3n) is 2.62. The van der Waals surface area contributed by atoms with Crippen molar-refractivity contribution in [2.75, 3.05) is 18.0 Å². The Labute approximate surface area is 94.1 Å². The lowest BCUT2D eigenvalue weighted by atomic mass is 10.2. The molecule has 0 unspecified atom stereocenters. The SMILES string of the molecule is CCCCN(CCCC)c1c[c]ccc1. The molecule has 0 aliphatic rings. The lowest BCUT2D eigenvalue weighted by Crippen LogP contribution is -2.25. The fourth-order valence-electron chi connectivity index (χ4n) is 1.65. The number of hydrogen-bond donors (Lipinski definition) is 0. The molecule has 83 valence electrons. The van der Waals surface area contributed by atoms with Crippen molar-refractivity contribution < 1.29 is 0 Å². The Bertz CT molecular complexity index is 235. The van der Waals surface area contributed by atoms with E-state index in [9.17, 15) is 0 Å². The van der Waals surface area contributed by atoms with E-state index in [4.69, 9.17) is 0 Å². The van der Waals surface area contributed by atoms with Crippen LogP contribution in [0, 0.1) is 6.07 Å². The van der Waals surface area contributed by atoms with E-state index in [0.717, 1.165) is 0 Å². The second-order valence-corrected chi connectivity index (χ2v) is 3.96. The number of benzene rings is 1. The van der Waals surface area contributed by atoms with Crippen LogP contribution in [0.4, 0.5) is 5.69 Å². The van der Waals surface area contributed by atoms with Gasteiger partial charge in [-0.05, 0) is 31.0 Å². The Hall–Kier alpha value is -0.980. The second kappa shape index (κ2) is 7.33. The zero-order chi connectivity index (χ0) is 10.9. The summed E-state index contributed by atoms with van der Waals surface area (Å²) in [7, 11) is 0. The molecule has 0 N–H and O–H groups in total. The molecule has 0 atom stereocenters. The molecule has 1 radical (unpaired) electrons. The minimum absolute atomic E-state index is 1.17. The molecule has 0 saturated carbocycles. The summed E-state index contributed by atoms with van der Waals surface area (Å²) in [5.41, 5.74) is 1.32. The first-order valence-corrected chi connectivity index (χ1v) is 6.09. The van der Waals surface area contributed by atoms with Gasteiger partial charge in [0.05, 0.1) is 0 Å². The molecule has 1 heteroatoms. The van der Waals surface area contributed by atoms with Crippen LogP contribution in [-0.2, 0) is 0 Å². The standard InChI is InChI=1S/C14H22N/c1-3-5-12-15(13-6-4-2)14-10-8-7-9-11-14/h7-8,10-11H,3-6,12-13H2,1-2H3. The maximum absolute atomic E-state index is 3.15. The third kappa shape index (κ3) is 4.37. The molecule has 1 rings (SSSR count). The highest BCUT2D eigenvalue weighted by atomic mass is 15.1. The number of rotatable bonds is 7. The Kier molecular flexibility index (Phi) is 5.91. The minimum Gasteiger partial charge on any atom is -0.372 e. The Morgan fingerprint density at radius 3 is 2.27 bits per heavy atom. The highest BCUT2D eigenvalue weighted by Crippen LogP contribution is 2.14. The largest absolute Gasteiger partial charge is 0.372 e. The number of unbranched alkanes of at least 4 members (excludes halogenated alkanes) is 2. The van der Waals surface area contributed by atoms with E-state index in [1.165, 1.54) is 44.5 Å². The predicted molar refractivity (Wildman–Crippen MR) is 67.3 cm³/mol. The van der Waals surface area contributed by atoms with Crippen molar-refractivity contribution in [2.45, 2.75) is 39.5 Å². The van der Waals surface area contributed by atoms with Gasteiger partial charge >= 0.3 is 0 Å². The Morgan fingerprint density at radius 2 is 1.80 bits per heavy atom. The lowest BCUT2D eigenvalue weighted by Gasteiger charge is -2.24. The summed E-state index contributed by atoms with van der Waals surface area (Å²) in [4.78, 5) is 2.48. The average Bonchev–Trinajstić information content (AvgIpc) is 2.30. The van der Waals surface area contributed by atoms with E-state index >= 15 is 0 Å². The van der Waals surface area contributed by atoms with Crippen LogP contribution in [0.2, 0.25) is 0 Å². The molecule has 0 amide bonds. The average molecular weight is 204 g/mol. The van der Waals surface area contributed by atoms with E-state index in [-0.39, 0.29) is 0 Å². The molecule has 0 heterocycles. The van der Waals surface area contributed by atoms with Crippen LogP contribution < -0.4 is 4.90 Å². The third-order valence-corrected chi connectivity index (χ3v) is 2.62. The molecule has 1 nitrogen and oxygen atoms in total. The Morgan fingerprint density at radius 1 is 1.13 bits per heavy atom. The molecular formula is C14H22N. The van der Waals surface area contributed by atoms with Gasteiger partial charge in [-0.1, -0.05) is 38.8 Å². The van der Waals surface area contributed by atoms with Gasteiger partial charge in [0, 0.05) is 18.8 Å². The summed E-state index contributed by atoms with van der Waals surface area (Å²) in [6, 6.07) is 11.5. The van der Waals surface area contributed by atoms with Gasteiger partial charge in [-0.2, -0.15) is 0 Å². The monoisotopic (exact) mass is 204 g/mol. The molecule has 0 aliphatic heterocycles. The molecular weight excluding hydrogens is 182 g/mol. The Balaban J connectivity index is 2.55. The van der Waals surface area contributed by atoms with Crippen molar-refractivity contribution in [3.8, 4) is 0 Å². The minimum atomic E-state index is 1.17. The van der Waals surface area contributed by atoms with Gasteiger partial charge < -0.3 is 4.90 Å². The number of nitrogens with zero attached hydrogens (tertiary/aromatic N) is 1. The molecule has 0 bridgehead atoms. The van der Waals surface area contributed by atoms with Gasteiger partial charge in [-0.25, -0.2) is 0 Å². The number of anilines is 1. The summed E-state index contributed by atoms with van der Waals surface area (Å²) in [6.07, 6.45) is 5.08. The first-order valence-electron chi connectivity index (χ1n) is 6.09. The summed E-state index contributed by atoms with van der Waals surface area (Å²) >= 11 is 0. The lowest BCUT2D eigenvalue weighted by molar-refractivity contribution is 0.678. The van der Waals surface area contributed by atoms with Crippen LogP contribution in [0.15, 0.2) is 24.3 Å². The van der Waals surface area contributed by atoms with Crippen molar-refractivity contribution in [3.05, 3.63) is 30.3 Å². The van der Waals surface area contributed by atoms with Gasteiger partial charge in [0.2, 0.25) is 0 Å². The molecule has 1 aromatic carbocycles. The molecule has 15 heavy (non-hydrogen) atoms. The first kappa shape index (κ1) is 12.1. The summed E-state index contributed by atoms with van der Waals surface area (Å²) in [5.74, 6) is 0. The van der Waals surface area contributed by atoms with Gasteiger partial charge in [0.1, 0.15) is 0 Å². The van der Waals surface area contributed by atoms with Crippen LogP contribution in [-0.4, -0.2) is 13.1 Å². The highest BCUT2D eigenvalue weighted by Gasteiger charge is 2.03. The van der Waals surface area contributed by atoms with Crippen LogP contribution in [0.5, 0.6) is 0 Å². The molecule has 0 aliphatic carbocycles. The molecule has 1 aromatic rings.